The van der Waals surface area contributed by atoms with Crippen molar-refractivity contribution in [1.29, 1.82) is 0 Å². The number of benzene rings is 3. The van der Waals surface area contributed by atoms with Crippen LogP contribution in [0.1, 0.15) is 11.1 Å². The van der Waals surface area contributed by atoms with Crippen molar-refractivity contribution in [2.75, 3.05) is 17.2 Å². The second-order valence-corrected chi connectivity index (χ2v) is 7.82. The number of carbonyl (C=O) groups is 3. The SMILES string of the molecule is Cc1ccccc1NC(=O)C(=O)N/N=C\c1ccc(OCC(=O)Nc2ccc(Cl)c(Cl)c2)cc1. The van der Waals surface area contributed by atoms with Crippen LogP contribution in [0, 0.1) is 6.92 Å². The lowest BCUT2D eigenvalue weighted by atomic mass is 10.2. The van der Waals surface area contributed by atoms with Crippen LogP contribution in [0.25, 0.3) is 0 Å². The maximum atomic E-state index is 12.0. The zero-order valence-electron chi connectivity index (χ0n) is 18.0. The number of hydrazone groups is 1. The first-order valence-corrected chi connectivity index (χ1v) is 10.7. The Morgan fingerprint density at radius 1 is 0.912 bits per heavy atom. The fraction of sp³-hybridized carbons (Fsp3) is 0.0833. The zero-order valence-corrected chi connectivity index (χ0v) is 19.5. The number of nitrogens with one attached hydrogen (secondary N) is 3. The Morgan fingerprint density at radius 2 is 1.65 bits per heavy atom. The predicted octanol–water partition coefficient (Wildman–Crippen LogP) is 4.41. The van der Waals surface area contributed by atoms with E-state index in [1.54, 1.807) is 54.6 Å². The van der Waals surface area contributed by atoms with Gasteiger partial charge in [-0.1, -0.05) is 41.4 Å². The van der Waals surface area contributed by atoms with Gasteiger partial charge in [-0.05, 0) is 66.6 Å². The van der Waals surface area contributed by atoms with Crippen LogP contribution in [-0.4, -0.2) is 30.5 Å². The van der Waals surface area contributed by atoms with Crippen LogP contribution < -0.4 is 20.8 Å². The fourth-order valence-corrected chi connectivity index (χ4v) is 2.98. The van der Waals surface area contributed by atoms with Gasteiger partial charge in [-0.2, -0.15) is 5.10 Å². The summed E-state index contributed by atoms with van der Waals surface area (Å²) < 4.78 is 5.45. The number of hydrogen-bond donors (Lipinski definition) is 3. The topological polar surface area (TPSA) is 109 Å². The molecule has 0 aliphatic rings. The van der Waals surface area contributed by atoms with Gasteiger partial charge in [0.15, 0.2) is 6.61 Å². The summed E-state index contributed by atoms with van der Waals surface area (Å²) in [5.41, 5.74) is 4.71. The molecule has 0 saturated heterocycles. The number of halogens is 2. The Balaban J connectivity index is 1.44. The molecule has 0 radical (unpaired) electrons. The summed E-state index contributed by atoms with van der Waals surface area (Å²) in [5, 5.41) is 9.69. The minimum atomic E-state index is -0.896. The average Bonchev–Trinajstić information content (AvgIpc) is 2.82. The maximum Gasteiger partial charge on any atom is 0.329 e. The Labute approximate surface area is 205 Å². The second-order valence-electron chi connectivity index (χ2n) is 7.00. The van der Waals surface area contributed by atoms with Crippen molar-refractivity contribution in [3.63, 3.8) is 0 Å². The first kappa shape index (κ1) is 24.8. The van der Waals surface area contributed by atoms with Gasteiger partial charge in [0, 0.05) is 11.4 Å². The number of carbonyl (C=O) groups excluding carboxylic acids is 3. The van der Waals surface area contributed by atoms with Crippen LogP contribution >= 0.6 is 23.2 Å². The van der Waals surface area contributed by atoms with E-state index in [4.69, 9.17) is 27.9 Å². The van der Waals surface area contributed by atoms with Gasteiger partial charge in [0.25, 0.3) is 5.91 Å². The lowest BCUT2D eigenvalue weighted by Gasteiger charge is -2.08. The molecule has 8 nitrogen and oxygen atoms in total. The Morgan fingerprint density at radius 3 is 2.35 bits per heavy atom. The summed E-state index contributed by atoms with van der Waals surface area (Å²) in [4.78, 5) is 35.9. The highest BCUT2D eigenvalue weighted by Crippen LogP contribution is 2.25. The third kappa shape index (κ3) is 7.33. The van der Waals surface area contributed by atoms with E-state index in [9.17, 15) is 14.4 Å². The van der Waals surface area contributed by atoms with Crippen LogP contribution in [-0.2, 0) is 14.4 Å². The molecule has 0 aliphatic carbocycles. The summed E-state index contributed by atoms with van der Waals surface area (Å²) in [6.45, 7) is 1.61. The molecule has 34 heavy (non-hydrogen) atoms. The van der Waals surface area contributed by atoms with Crippen LogP contribution in [0.2, 0.25) is 10.0 Å². The molecule has 3 rings (SSSR count). The molecule has 3 N–H and O–H groups in total. The van der Waals surface area contributed by atoms with E-state index in [1.165, 1.54) is 6.21 Å². The van der Waals surface area contributed by atoms with E-state index in [0.29, 0.717) is 32.7 Å². The molecule has 0 atom stereocenters. The summed E-state index contributed by atoms with van der Waals surface area (Å²) in [6.07, 6.45) is 1.37. The van der Waals surface area contributed by atoms with Gasteiger partial charge in [0.1, 0.15) is 5.75 Å². The normalized spacial score (nSPS) is 10.6. The zero-order chi connectivity index (χ0) is 24.5. The number of para-hydroxylation sites is 1. The van der Waals surface area contributed by atoms with Crippen molar-refractivity contribution < 1.29 is 19.1 Å². The standard InChI is InChI=1S/C24H20Cl2N4O4/c1-15-4-2-3-5-21(15)29-23(32)24(33)30-27-13-16-6-9-18(10-7-16)34-14-22(31)28-17-8-11-19(25)20(26)12-17/h2-13H,14H2,1H3,(H,28,31)(H,29,32)(H,30,33)/b27-13-. The molecule has 0 spiro atoms. The van der Waals surface area contributed by atoms with E-state index < -0.39 is 11.8 Å². The summed E-state index contributed by atoms with van der Waals surface area (Å²) in [5.74, 6) is -1.62. The van der Waals surface area contributed by atoms with Crippen LogP contribution in [0.3, 0.4) is 0 Å². The molecular formula is C24H20Cl2N4O4. The second kappa shape index (κ2) is 11.8. The minimum absolute atomic E-state index is 0.209. The Hall–Kier alpha value is -3.88. The van der Waals surface area contributed by atoms with Gasteiger partial charge in [-0.25, -0.2) is 5.43 Å². The molecule has 174 valence electrons. The number of ether oxygens (including phenoxy) is 1. The number of hydrogen-bond acceptors (Lipinski definition) is 5. The van der Waals surface area contributed by atoms with E-state index in [1.807, 2.05) is 19.1 Å². The minimum Gasteiger partial charge on any atom is -0.484 e. The van der Waals surface area contributed by atoms with Crippen molar-refractivity contribution in [3.05, 3.63) is 87.9 Å². The van der Waals surface area contributed by atoms with Gasteiger partial charge in [0.2, 0.25) is 0 Å². The van der Waals surface area contributed by atoms with Crippen LogP contribution in [0.15, 0.2) is 71.8 Å². The summed E-state index contributed by atoms with van der Waals surface area (Å²) >= 11 is 11.8. The number of anilines is 2. The first-order valence-electron chi connectivity index (χ1n) is 9.99. The monoisotopic (exact) mass is 498 g/mol. The Kier molecular flexibility index (Phi) is 8.61. The highest BCUT2D eigenvalue weighted by atomic mass is 35.5. The van der Waals surface area contributed by atoms with E-state index in [0.717, 1.165) is 5.56 Å². The highest BCUT2D eigenvalue weighted by Gasteiger charge is 2.13. The fourth-order valence-electron chi connectivity index (χ4n) is 2.68. The largest absolute Gasteiger partial charge is 0.484 e. The molecule has 0 fully saturated rings. The number of aryl methyl sites for hydroxylation is 1. The van der Waals surface area contributed by atoms with Gasteiger partial charge >= 0.3 is 11.8 Å². The van der Waals surface area contributed by atoms with Crippen molar-refractivity contribution in [2.45, 2.75) is 6.92 Å². The number of rotatable bonds is 7. The molecule has 0 saturated carbocycles. The predicted molar refractivity (Wildman–Crippen MR) is 133 cm³/mol. The van der Waals surface area contributed by atoms with Crippen molar-refractivity contribution in [1.82, 2.24) is 5.43 Å². The van der Waals surface area contributed by atoms with E-state index >= 15 is 0 Å². The molecule has 0 aliphatic heterocycles. The molecule has 0 bridgehead atoms. The van der Waals surface area contributed by atoms with Crippen molar-refractivity contribution in [2.24, 2.45) is 5.10 Å². The third-order valence-corrected chi connectivity index (χ3v) is 5.17. The lowest BCUT2D eigenvalue weighted by molar-refractivity contribution is -0.136. The lowest BCUT2D eigenvalue weighted by Crippen LogP contribution is -2.32. The van der Waals surface area contributed by atoms with Gasteiger partial charge < -0.3 is 15.4 Å². The Bertz CT molecular complexity index is 1230. The molecule has 3 aromatic rings. The molecule has 3 amide bonds. The maximum absolute atomic E-state index is 12.0. The van der Waals surface area contributed by atoms with Crippen molar-refractivity contribution in [3.8, 4) is 5.75 Å². The number of amides is 3. The summed E-state index contributed by atoms with van der Waals surface area (Å²) in [7, 11) is 0. The van der Waals surface area contributed by atoms with Gasteiger partial charge in [-0.3, -0.25) is 14.4 Å². The summed E-state index contributed by atoms with van der Waals surface area (Å²) in [6, 6.07) is 18.5. The highest BCUT2D eigenvalue weighted by molar-refractivity contribution is 6.42. The molecule has 3 aromatic carbocycles. The molecule has 0 heterocycles. The molecule has 0 unspecified atom stereocenters. The van der Waals surface area contributed by atoms with Gasteiger partial charge in [-0.15, -0.1) is 0 Å². The number of nitrogens with zero attached hydrogens (tertiary/aromatic N) is 1. The van der Waals surface area contributed by atoms with Crippen LogP contribution in [0.5, 0.6) is 5.75 Å². The first-order chi connectivity index (χ1) is 16.3. The third-order valence-electron chi connectivity index (χ3n) is 4.43. The van der Waals surface area contributed by atoms with Gasteiger partial charge in [0.05, 0.1) is 16.3 Å². The van der Waals surface area contributed by atoms with Crippen molar-refractivity contribution >= 4 is 58.5 Å². The molecule has 0 aromatic heterocycles. The van der Waals surface area contributed by atoms with E-state index in [2.05, 4.69) is 21.2 Å². The smallest absolute Gasteiger partial charge is 0.329 e. The van der Waals surface area contributed by atoms with E-state index in [-0.39, 0.29) is 12.5 Å². The van der Waals surface area contributed by atoms with Crippen LogP contribution in [0.4, 0.5) is 11.4 Å². The molecule has 10 heteroatoms. The molecular weight excluding hydrogens is 479 g/mol. The quantitative estimate of drug-likeness (QED) is 0.254. The average molecular weight is 499 g/mol.